The van der Waals surface area contributed by atoms with Crippen LogP contribution in [0.1, 0.15) is 87.5 Å². The lowest BCUT2D eigenvalue weighted by Gasteiger charge is -2.33. The third kappa shape index (κ3) is 8.62. The highest BCUT2D eigenvalue weighted by atomic mass is 79.9. The Morgan fingerprint density at radius 1 is 0.462 bits per heavy atom. The summed E-state index contributed by atoms with van der Waals surface area (Å²) < 4.78 is 2.14. The molecule has 0 spiro atoms. The molecule has 0 saturated heterocycles. The Hall–Kier alpha value is -3.16. The van der Waals surface area contributed by atoms with Crippen molar-refractivity contribution >= 4 is 102 Å². The largest absolute Gasteiger partial charge is 0.340 e. The maximum Gasteiger partial charge on any atom is 0.0553 e. The number of unbranched alkanes of at least 4 members (excludes halogenated alkanes) is 6. The standard InChI is InChI=1S/C46H46Br2N2S2/c1-3-5-7-13-27-49-39-15-9-11-17-43(39)51-45-29-33(21-25-41(45)49)19-23-35-31-38(48)36(32-37(35)47)24-20-34-22-26-42-46(30-34)52-44-18-12-10-16-40(44)50(42)28-14-8-6-4-2/h9-12,15-26,29-32H,3-8,13-14,27-28H2,1-2H3/b23-19+,24-20+. The van der Waals surface area contributed by atoms with Crippen molar-refractivity contribution in [2.24, 2.45) is 0 Å². The van der Waals surface area contributed by atoms with E-state index in [1.54, 1.807) is 0 Å². The minimum atomic E-state index is 1.05. The van der Waals surface area contributed by atoms with E-state index < -0.39 is 0 Å². The molecule has 2 nitrogen and oxygen atoms in total. The first-order valence-electron chi connectivity index (χ1n) is 18.7. The Morgan fingerprint density at radius 3 is 1.33 bits per heavy atom. The van der Waals surface area contributed by atoms with E-state index in [0.717, 1.165) is 33.2 Å². The summed E-state index contributed by atoms with van der Waals surface area (Å²) in [6.07, 6.45) is 19.0. The number of fused-ring (bicyclic) bond motifs is 4. The van der Waals surface area contributed by atoms with E-state index in [1.807, 2.05) is 23.5 Å². The van der Waals surface area contributed by atoms with Crippen LogP contribution in [0.3, 0.4) is 0 Å². The van der Waals surface area contributed by atoms with E-state index in [-0.39, 0.29) is 0 Å². The number of nitrogens with zero attached hydrogens (tertiary/aromatic N) is 2. The first-order chi connectivity index (χ1) is 25.5. The number of halogens is 2. The number of hydrogen-bond donors (Lipinski definition) is 0. The summed E-state index contributed by atoms with van der Waals surface area (Å²) in [7, 11) is 0. The summed E-state index contributed by atoms with van der Waals surface area (Å²) in [5.74, 6) is 0. The van der Waals surface area contributed by atoms with Crippen LogP contribution in [-0.4, -0.2) is 13.1 Å². The fourth-order valence-electron chi connectivity index (χ4n) is 6.99. The van der Waals surface area contributed by atoms with Crippen LogP contribution in [-0.2, 0) is 0 Å². The molecular formula is C46H46Br2N2S2. The molecule has 0 atom stereocenters. The molecule has 5 aromatic carbocycles. The Bertz CT molecular complexity index is 1940. The molecule has 0 amide bonds. The van der Waals surface area contributed by atoms with Crippen LogP contribution in [0.2, 0.25) is 0 Å². The molecule has 0 unspecified atom stereocenters. The van der Waals surface area contributed by atoms with Crippen LogP contribution in [0.5, 0.6) is 0 Å². The van der Waals surface area contributed by atoms with Gasteiger partial charge in [0.05, 0.1) is 22.7 Å². The SMILES string of the molecule is CCCCCCN1c2ccccc2Sc2cc(/C=C/c3cc(Br)c(/C=C/c4ccc5c(c4)Sc4ccccc4N5CCCCCC)cc3Br)ccc21. The maximum absolute atomic E-state index is 3.88. The highest BCUT2D eigenvalue weighted by Gasteiger charge is 2.24. The van der Waals surface area contributed by atoms with Crippen molar-refractivity contribution in [3.63, 3.8) is 0 Å². The minimum absolute atomic E-state index is 1.05. The van der Waals surface area contributed by atoms with Crippen molar-refractivity contribution < 1.29 is 0 Å². The fraction of sp³-hybridized carbons (Fsp3) is 0.261. The molecule has 266 valence electrons. The van der Waals surface area contributed by atoms with Crippen molar-refractivity contribution in [3.8, 4) is 0 Å². The number of rotatable bonds is 14. The van der Waals surface area contributed by atoms with E-state index in [1.165, 1.54) is 105 Å². The second kappa shape index (κ2) is 17.8. The quantitative estimate of drug-likeness (QED) is 0.0811. The first kappa shape index (κ1) is 37.2. The second-order valence-corrected chi connectivity index (χ2v) is 17.5. The highest BCUT2D eigenvalue weighted by molar-refractivity contribution is 9.11. The normalized spacial score (nSPS) is 13.4. The average molecular weight is 851 g/mol. The van der Waals surface area contributed by atoms with Crippen molar-refractivity contribution in [1.82, 2.24) is 0 Å². The van der Waals surface area contributed by atoms with Gasteiger partial charge in [-0.25, -0.2) is 0 Å². The maximum atomic E-state index is 3.88. The van der Waals surface area contributed by atoms with Gasteiger partial charge in [0.1, 0.15) is 0 Å². The summed E-state index contributed by atoms with van der Waals surface area (Å²) >= 11 is 11.5. The number of anilines is 4. The summed E-state index contributed by atoms with van der Waals surface area (Å²) in [6, 6.07) is 35.9. The van der Waals surface area contributed by atoms with Gasteiger partial charge >= 0.3 is 0 Å². The number of benzene rings is 5. The summed E-state index contributed by atoms with van der Waals surface area (Å²) in [6.45, 7) is 6.66. The molecule has 52 heavy (non-hydrogen) atoms. The molecule has 0 aliphatic carbocycles. The molecule has 2 aliphatic heterocycles. The lowest BCUT2D eigenvalue weighted by molar-refractivity contribution is 0.665. The smallest absolute Gasteiger partial charge is 0.0553 e. The third-order valence-corrected chi connectivity index (χ3v) is 13.4. The Kier molecular flexibility index (Phi) is 12.7. The summed E-state index contributed by atoms with van der Waals surface area (Å²) in [5, 5.41) is 0. The fourth-order valence-corrected chi connectivity index (χ4v) is 10.3. The van der Waals surface area contributed by atoms with Crippen molar-refractivity contribution in [1.29, 1.82) is 0 Å². The van der Waals surface area contributed by atoms with Gasteiger partial charge in [0, 0.05) is 41.6 Å². The first-order valence-corrected chi connectivity index (χ1v) is 22.0. The highest BCUT2D eigenvalue weighted by Crippen LogP contribution is 2.50. The number of para-hydroxylation sites is 2. The Morgan fingerprint density at radius 2 is 0.885 bits per heavy atom. The average Bonchev–Trinajstić information content (AvgIpc) is 3.16. The topological polar surface area (TPSA) is 6.48 Å². The molecule has 5 aromatic rings. The van der Waals surface area contributed by atoms with Gasteiger partial charge in [0.2, 0.25) is 0 Å². The zero-order valence-corrected chi connectivity index (χ0v) is 34.9. The molecular weight excluding hydrogens is 804 g/mol. The molecule has 0 saturated carbocycles. The minimum Gasteiger partial charge on any atom is -0.340 e. The molecule has 2 aliphatic rings. The van der Waals surface area contributed by atoms with E-state index in [2.05, 4.69) is 177 Å². The predicted octanol–water partition coefficient (Wildman–Crippen LogP) is 15.9. The van der Waals surface area contributed by atoms with Gasteiger partial charge in [-0.3, -0.25) is 0 Å². The van der Waals surface area contributed by atoms with Crippen molar-refractivity contribution in [2.75, 3.05) is 22.9 Å². The summed E-state index contributed by atoms with van der Waals surface area (Å²) in [5.41, 5.74) is 9.99. The van der Waals surface area contributed by atoms with Gasteiger partial charge in [-0.05, 0) is 95.8 Å². The molecule has 6 heteroatoms. The zero-order chi connectivity index (χ0) is 35.9. The van der Waals surface area contributed by atoms with E-state index in [9.17, 15) is 0 Å². The Labute approximate surface area is 336 Å². The monoisotopic (exact) mass is 848 g/mol. The zero-order valence-electron chi connectivity index (χ0n) is 30.1. The van der Waals surface area contributed by atoms with Gasteiger partial charge in [0.25, 0.3) is 0 Å². The van der Waals surface area contributed by atoms with Gasteiger partial charge in [-0.15, -0.1) is 0 Å². The van der Waals surface area contributed by atoms with Gasteiger partial charge < -0.3 is 9.80 Å². The molecule has 0 fully saturated rings. The molecule has 0 aromatic heterocycles. The van der Waals surface area contributed by atoms with Crippen LogP contribution >= 0.6 is 55.4 Å². The van der Waals surface area contributed by atoms with Crippen LogP contribution in [0.25, 0.3) is 24.3 Å². The van der Waals surface area contributed by atoms with E-state index >= 15 is 0 Å². The lowest BCUT2D eigenvalue weighted by Crippen LogP contribution is -2.22. The molecule has 0 N–H and O–H groups in total. The van der Waals surface area contributed by atoms with E-state index in [4.69, 9.17) is 0 Å². The lowest BCUT2D eigenvalue weighted by atomic mass is 10.1. The molecule has 0 bridgehead atoms. The molecule has 7 rings (SSSR count). The Balaban J connectivity index is 1.06. The molecule has 0 radical (unpaired) electrons. The summed E-state index contributed by atoms with van der Waals surface area (Å²) in [4.78, 5) is 10.4. The molecule has 2 heterocycles. The van der Waals surface area contributed by atoms with Crippen LogP contribution < -0.4 is 9.80 Å². The van der Waals surface area contributed by atoms with Gasteiger partial charge in [-0.2, -0.15) is 0 Å². The number of hydrogen-bond acceptors (Lipinski definition) is 4. The predicted molar refractivity (Wildman–Crippen MR) is 236 cm³/mol. The van der Waals surface area contributed by atoms with Crippen molar-refractivity contribution in [3.05, 3.63) is 128 Å². The van der Waals surface area contributed by atoms with Crippen LogP contribution in [0, 0.1) is 0 Å². The van der Waals surface area contributed by atoms with Gasteiger partial charge in [-0.1, -0.05) is 168 Å². The van der Waals surface area contributed by atoms with Crippen molar-refractivity contribution in [2.45, 2.75) is 84.8 Å². The van der Waals surface area contributed by atoms with E-state index in [0.29, 0.717) is 0 Å². The third-order valence-electron chi connectivity index (χ3n) is 9.80. The van der Waals surface area contributed by atoms with Crippen LogP contribution in [0.15, 0.2) is 126 Å². The second-order valence-electron chi connectivity index (χ2n) is 13.6. The van der Waals surface area contributed by atoms with Crippen LogP contribution in [0.4, 0.5) is 22.7 Å². The van der Waals surface area contributed by atoms with Gasteiger partial charge in [0.15, 0.2) is 0 Å².